The largest absolute Gasteiger partial charge is 0.237 e. The van der Waals surface area contributed by atoms with Crippen LogP contribution < -0.4 is 0 Å². The second-order valence-corrected chi connectivity index (χ2v) is 5.41. The maximum absolute atomic E-state index is 2.56. The molecule has 0 aliphatic carbocycles. The van der Waals surface area contributed by atoms with E-state index < -0.39 is 0 Å². The summed E-state index contributed by atoms with van der Waals surface area (Å²) < 4.78 is 0. The summed E-state index contributed by atoms with van der Waals surface area (Å²) in [6.07, 6.45) is 2.63. The highest BCUT2D eigenvalue weighted by molar-refractivity contribution is 5.17. The van der Waals surface area contributed by atoms with E-state index in [1.807, 2.05) is 0 Å². The molecule has 0 aromatic carbocycles. The Balaban J connectivity index is 2.12. The van der Waals surface area contributed by atoms with Gasteiger partial charge in [-0.3, -0.25) is 0 Å². The SMILES string of the molecule is CCC1(CC)CN2CC(C)=C(C)CN2C1. The van der Waals surface area contributed by atoms with Gasteiger partial charge in [0.05, 0.1) is 0 Å². The third-order valence-electron chi connectivity index (χ3n) is 4.50. The Morgan fingerprint density at radius 2 is 1.33 bits per heavy atom. The molecule has 2 aliphatic rings. The summed E-state index contributed by atoms with van der Waals surface area (Å²) >= 11 is 0. The average Bonchev–Trinajstić information content (AvgIpc) is 2.58. The van der Waals surface area contributed by atoms with Crippen molar-refractivity contribution in [2.24, 2.45) is 5.41 Å². The number of hydrogen-bond acceptors (Lipinski definition) is 2. The van der Waals surface area contributed by atoms with Crippen LogP contribution >= 0.6 is 0 Å². The van der Waals surface area contributed by atoms with Gasteiger partial charge in [-0.25, -0.2) is 10.0 Å². The molecule has 0 N–H and O–H groups in total. The second-order valence-electron chi connectivity index (χ2n) is 5.41. The molecule has 2 nitrogen and oxygen atoms in total. The van der Waals surface area contributed by atoms with Gasteiger partial charge in [0.1, 0.15) is 0 Å². The Morgan fingerprint density at radius 3 is 1.67 bits per heavy atom. The van der Waals surface area contributed by atoms with E-state index in [1.165, 1.54) is 25.9 Å². The zero-order valence-electron chi connectivity index (χ0n) is 10.6. The molecular formula is C13H24N2. The maximum Gasteiger partial charge on any atom is 0.0344 e. The normalized spacial score (nSPS) is 27.2. The Bertz CT molecular complexity index is 252. The van der Waals surface area contributed by atoms with E-state index in [4.69, 9.17) is 0 Å². The molecule has 1 saturated heterocycles. The van der Waals surface area contributed by atoms with Gasteiger partial charge >= 0.3 is 0 Å². The molecule has 15 heavy (non-hydrogen) atoms. The van der Waals surface area contributed by atoms with E-state index in [1.54, 1.807) is 11.1 Å². The van der Waals surface area contributed by atoms with Crippen LogP contribution in [-0.4, -0.2) is 36.2 Å². The molecule has 2 heterocycles. The minimum atomic E-state index is 0.560. The third-order valence-corrected chi connectivity index (χ3v) is 4.50. The maximum atomic E-state index is 2.56. The molecule has 2 heteroatoms. The zero-order chi connectivity index (χ0) is 11.1. The van der Waals surface area contributed by atoms with Gasteiger partial charge in [0.15, 0.2) is 0 Å². The van der Waals surface area contributed by atoms with Crippen molar-refractivity contribution < 1.29 is 0 Å². The molecule has 1 fully saturated rings. The molecule has 0 amide bonds. The molecule has 0 spiro atoms. The van der Waals surface area contributed by atoms with Gasteiger partial charge < -0.3 is 0 Å². The topological polar surface area (TPSA) is 6.48 Å². The molecule has 0 unspecified atom stereocenters. The van der Waals surface area contributed by atoms with Gasteiger partial charge in [0, 0.05) is 26.2 Å². The summed E-state index contributed by atoms with van der Waals surface area (Å²) in [5.41, 5.74) is 3.72. The first-order valence-corrected chi connectivity index (χ1v) is 6.25. The van der Waals surface area contributed by atoms with Crippen LogP contribution in [0.3, 0.4) is 0 Å². The van der Waals surface area contributed by atoms with Gasteiger partial charge in [-0.15, -0.1) is 0 Å². The van der Waals surface area contributed by atoms with Crippen LogP contribution in [0.5, 0.6) is 0 Å². The first-order chi connectivity index (χ1) is 7.10. The van der Waals surface area contributed by atoms with Crippen molar-refractivity contribution in [3.63, 3.8) is 0 Å². The van der Waals surface area contributed by atoms with E-state index in [2.05, 4.69) is 37.7 Å². The van der Waals surface area contributed by atoms with Crippen molar-refractivity contribution in [3.8, 4) is 0 Å². The fourth-order valence-corrected chi connectivity index (χ4v) is 2.85. The van der Waals surface area contributed by atoms with Crippen molar-refractivity contribution in [2.75, 3.05) is 26.2 Å². The Kier molecular flexibility index (Phi) is 2.91. The summed E-state index contributed by atoms with van der Waals surface area (Å²) in [6, 6.07) is 0. The quantitative estimate of drug-likeness (QED) is 0.644. The number of rotatable bonds is 2. The molecule has 0 bridgehead atoms. The van der Waals surface area contributed by atoms with Gasteiger partial charge in [0.2, 0.25) is 0 Å². The van der Waals surface area contributed by atoms with Crippen LogP contribution in [0.25, 0.3) is 0 Å². The van der Waals surface area contributed by atoms with Crippen LogP contribution in [0.4, 0.5) is 0 Å². The Morgan fingerprint density at radius 1 is 0.933 bits per heavy atom. The summed E-state index contributed by atoms with van der Waals surface area (Å²) in [6.45, 7) is 14.1. The van der Waals surface area contributed by atoms with Gasteiger partial charge in [-0.1, -0.05) is 25.0 Å². The third kappa shape index (κ3) is 1.85. The Hall–Kier alpha value is -0.340. The average molecular weight is 208 g/mol. The standard InChI is InChI=1S/C13H24N2/c1-5-13(6-2)9-14-7-11(3)12(4)8-15(14)10-13/h5-10H2,1-4H3. The van der Waals surface area contributed by atoms with Crippen LogP contribution in [-0.2, 0) is 0 Å². The van der Waals surface area contributed by atoms with Gasteiger partial charge in [-0.05, 0) is 32.1 Å². The number of nitrogens with zero attached hydrogens (tertiary/aromatic N) is 2. The predicted molar refractivity (Wildman–Crippen MR) is 64.5 cm³/mol. The first kappa shape index (κ1) is 11.2. The fraction of sp³-hybridized carbons (Fsp3) is 0.846. The van der Waals surface area contributed by atoms with Gasteiger partial charge in [-0.2, -0.15) is 0 Å². The smallest absolute Gasteiger partial charge is 0.0344 e. The molecule has 0 aromatic heterocycles. The molecule has 0 atom stereocenters. The lowest BCUT2D eigenvalue weighted by Crippen LogP contribution is -2.42. The van der Waals surface area contributed by atoms with Crippen molar-refractivity contribution in [2.45, 2.75) is 40.5 Å². The first-order valence-electron chi connectivity index (χ1n) is 6.25. The zero-order valence-corrected chi connectivity index (χ0v) is 10.6. The summed E-state index contributed by atoms with van der Waals surface area (Å²) in [5.74, 6) is 0. The lowest BCUT2D eigenvalue weighted by molar-refractivity contribution is 0.0364. The molecule has 0 saturated carbocycles. The fourth-order valence-electron chi connectivity index (χ4n) is 2.85. The minimum absolute atomic E-state index is 0.560. The van der Waals surface area contributed by atoms with Crippen LogP contribution in [0, 0.1) is 5.41 Å². The lowest BCUT2D eigenvalue weighted by Gasteiger charge is -2.33. The molecule has 0 aromatic rings. The molecule has 2 rings (SSSR count). The number of fused-ring (bicyclic) bond motifs is 1. The lowest BCUT2D eigenvalue weighted by atomic mass is 9.83. The van der Waals surface area contributed by atoms with Crippen molar-refractivity contribution in [3.05, 3.63) is 11.1 Å². The van der Waals surface area contributed by atoms with Crippen LogP contribution in [0.2, 0.25) is 0 Å². The minimum Gasteiger partial charge on any atom is -0.237 e. The number of hydrazine groups is 1. The summed E-state index contributed by atoms with van der Waals surface area (Å²) in [7, 11) is 0. The summed E-state index contributed by atoms with van der Waals surface area (Å²) in [4.78, 5) is 0. The molecule has 0 radical (unpaired) electrons. The molecular weight excluding hydrogens is 184 g/mol. The second kappa shape index (κ2) is 3.91. The van der Waals surface area contributed by atoms with Crippen molar-refractivity contribution in [1.29, 1.82) is 0 Å². The van der Waals surface area contributed by atoms with E-state index in [-0.39, 0.29) is 0 Å². The van der Waals surface area contributed by atoms with Crippen molar-refractivity contribution >= 4 is 0 Å². The van der Waals surface area contributed by atoms with E-state index in [9.17, 15) is 0 Å². The van der Waals surface area contributed by atoms with Gasteiger partial charge in [0.25, 0.3) is 0 Å². The highest BCUT2D eigenvalue weighted by Gasteiger charge is 2.41. The van der Waals surface area contributed by atoms with E-state index >= 15 is 0 Å². The van der Waals surface area contributed by atoms with E-state index in [0.717, 1.165) is 13.1 Å². The highest BCUT2D eigenvalue weighted by Crippen LogP contribution is 2.37. The van der Waals surface area contributed by atoms with Crippen LogP contribution in [0.1, 0.15) is 40.5 Å². The van der Waals surface area contributed by atoms with Crippen molar-refractivity contribution in [1.82, 2.24) is 10.0 Å². The molecule has 2 aliphatic heterocycles. The van der Waals surface area contributed by atoms with E-state index in [0.29, 0.717) is 5.41 Å². The summed E-state index contributed by atoms with van der Waals surface area (Å²) in [5, 5.41) is 5.13. The Labute approximate surface area is 93.9 Å². The highest BCUT2D eigenvalue weighted by atomic mass is 15.7. The monoisotopic (exact) mass is 208 g/mol. The molecule has 86 valence electrons. The van der Waals surface area contributed by atoms with Crippen LogP contribution in [0.15, 0.2) is 11.1 Å². The predicted octanol–water partition coefficient (Wildman–Crippen LogP) is 2.68. The number of hydrogen-bond donors (Lipinski definition) is 0.